The Morgan fingerprint density at radius 3 is 2.73 bits per heavy atom. The van der Waals surface area contributed by atoms with Crippen molar-refractivity contribution >= 4 is 11.6 Å². The predicted octanol–water partition coefficient (Wildman–Crippen LogP) is 2.75. The molecule has 0 saturated carbocycles. The van der Waals surface area contributed by atoms with Crippen LogP contribution < -0.4 is 5.73 Å². The standard InChI is InChI=1S/C11H12ClN3/c1-7(13)11-14-6-10(15-11)8-4-2-3-5-9(8)12/h2-7H,13H2,1H3,(H,14,15). The molecule has 0 saturated heterocycles. The van der Waals surface area contributed by atoms with Crippen LogP contribution in [0.3, 0.4) is 0 Å². The average molecular weight is 222 g/mol. The maximum Gasteiger partial charge on any atom is 0.123 e. The van der Waals surface area contributed by atoms with E-state index < -0.39 is 0 Å². The minimum Gasteiger partial charge on any atom is -0.341 e. The summed E-state index contributed by atoms with van der Waals surface area (Å²) in [5, 5.41) is 0.706. The van der Waals surface area contributed by atoms with Crippen molar-refractivity contribution in [2.24, 2.45) is 5.73 Å². The normalized spacial score (nSPS) is 12.7. The monoisotopic (exact) mass is 221 g/mol. The fraction of sp³-hybridized carbons (Fsp3) is 0.182. The summed E-state index contributed by atoms with van der Waals surface area (Å²) >= 11 is 6.07. The molecule has 1 aromatic carbocycles. The van der Waals surface area contributed by atoms with Gasteiger partial charge in [-0.1, -0.05) is 29.8 Å². The third-order valence-corrected chi connectivity index (χ3v) is 2.52. The summed E-state index contributed by atoms with van der Waals surface area (Å²) < 4.78 is 0. The Kier molecular flexibility index (Phi) is 2.75. The molecule has 1 heterocycles. The molecule has 0 aliphatic carbocycles. The van der Waals surface area contributed by atoms with Gasteiger partial charge in [-0.15, -0.1) is 0 Å². The Balaban J connectivity index is 2.42. The smallest absolute Gasteiger partial charge is 0.123 e. The highest BCUT2D eigenvalue weighted by molar-refractivity contribution is 6.33. The molecule has 0 aliphatic rings. The molecule has 1 atom stereocenters. The van der Waals surface area contributed by atoms with Crippen LogP contribution in [0.25, 0.3) is 11.3 Å². The van der Waals surface area contributed by atoms with Crippen LogP contribution in [0, 0.1) is 0 Å². The number of aromatic nitrogens is 2. The van der Waals surface area contributed by atoms with Crippen molar-refractivity contribution in [3.63, 3.8) is 0 Å². The third kappa shape index (κ3) is 2.03. The van der Waals surface area contributed by atoms with Crippen LogP contribution in [0.1, 0.15) is 18.8 Å². The number of benzene rings is 1. The first-order valence-corrected chi connectivity index (χ1v) is 5.11. The molecular weight excluding hydrogens is 210 g/mol. The van der Waals surface area contributed by atoms with E-state index in [1.807, 2.05) is 31.2 Å². The number of aromatic amines is 1. The molecule has 1 aromatic heterocycles. The fourth-order valence-electron chi connectivity index (χ4n) is 1.38. The molecule has 2 aromatic rings. The van der Waals surface area contributed by atoms with Crippen molar-refractivity contribution in [3.05, 3.63) is 41.3 Å². The zero-order valence-corrected chi connectivity index (χ0v) is 9.12. The van der Waals surface area contributed by atoms with Gasteiger partial charge in [-0.05, 0) is 13.0 Å². The van der Waals surface area contributed by atoms with E-state index in [2.05, 4.69) is 9.97 Å². The Bertz CT molecular complexity index is 462. The average Bonchev–Trinajstić information content (AvgIpc) is 2.67. The van der Waals surface area contributed by atoms with Crippen LogP contribution in [0.2, 0.25) is 5.02 Å². The third-order valence-electron chi connectivity index (χ3n) is 2.19. The molecule has 4 heteroatoms. The maximum atomic E-state index is 6.07. The Morgan fingerprint density at radius 2 is 2.13 bits per heavy atom. The summed E-state index contributed by atoms with van der Waals surface area (Å²) in [6, 6.07) is 7.54. The largest absolute Gasteiger partial charge is 0.341 e. The lowest BCUT2D eigenvalue weighted by Gasteiger charge is -2.01. The lowest BCUT2D eigenvalue weighted by molar-refractivity contribution is 0.756. The van der Waals surface area contributed by atoms with Gasteiger partial charge in [0.25, 0.3) is 0 Å². The fourth-order valence-corrected chi connectivity index (χ4v) is 1.62. The Morgan fingerprint density at radius 1 is 1.40 bits per heavy atom. The van der Waals surface area contributed by atoms with Crippen LogP contribution in [-0.2, 0) is 0 Å². The number of nitrogens with zero attached hydrogens (tertiary/aromatic N) is 1. The highest BCUT2D eigenvalue weighted by Gasteiger charge is 2.08. The van der Waals surface area contributed by atoms with E-state index in [1.165, 1.54) is 0 Å². The van der Waals surface area contributed by atoms with E-state index in [4.69, 9.17) is 17.3 Å². The summed E-state index contributed by atoms with van der Waals surface area (Å²) in [5.41, 5.74) is 7.56. The summed E-state index contributed by atoms with van der Waals surface area (Å²) in [6.07, 6.45) is 1.75. The molecule has 0 fully saturated rings. The van der Waals surface area contributed by atoms with Gasteiger partial charge < -0.3 is 10.7 Å². The number of hydrogen-bond donors (Lipinski definition) is 2. The SMILES string of the molecule is CC(N)c1ncc(-c2ccccc2Cl)[nH]1. The molecule has 2 rings (SSSR count). The van der Waals surface area contributed by atoms with Crippen molar-refractivity contribution in [1.82, 2.24) is 9.97 Å². The van der Waals surface area contributed by atoms with Crippen LogP contribution >= 0.6 is 11.6 Å². The van der Waals surface area contributed by atoms with E-state index in [9.17, 15) is 0 Å². The van der Waals surface area contributed by atoms with Gasteiger partial charge in [-0.3, -0.25) is 0 Å². The zero-order chi connectivity index (χ0) is 10.8. The molecule has 0 bridgehead atoms. The highest BCUT2D eigenvalue weighted by Crippen LogP contribution is 2.26. The first-order chi connectivity index (χ1) is 7.18. The molecule has 0 radical (unpaired) electrons. The Labute approximate surface area is 93.3 Å². The second-order valence-electron chi connectivity index (χ2n) is 3.45. The second-order valence-corrected chi connectivity index (χ2v) is 3.86. The van der Waals surface area contributed by atoms with Crippen LogP contribution in [0.15, 0.2) is 30.5 Å². The van der Waals surface area contributed by atoms with Crippen LogP contribution in [-0.4, -0.2) is 9.97 Å². The first kappa shape index (κ1) is 10.2. The van der Waals surface area contributed by atoms with E-state index in [-0.39, 0.29) is 6.04 Å². The molecule has 15 heavy (non-hydrogen) atoms. The van der Waals surface area contributed by atoms with Crippen LogP contribution in [0.4, 0.5) is 0 Å². The number of halogens is 1. The number of rotatable bonds is 2. The lowest BCUT2D eigenvalue weighted by Crippen LogP contribution is -2.06. The number of nitrogens with one attached hydrogen (secondary N) is 1. The quantitative estimate of drug-likeness (QED) is 0.820. The van der Waals surface area contributed by atoms with Crippen molar-refractivity contribution < 1.29 is 0 Å². The minimum absolute atomic E-state index is 0.0961. The Hall–Kier alpha value is -1.32. The van der Waals surface area contributed by atoms with Crippen molar-refractivity contribution in [2.75, 3.05) is 0 Å². The summed E-state index contributed by atoms with van der Waals surface area (Å²) in [6.45, 7) is 1.88. The van der Waals surface area contributed by atoms with E-state index in [1.54, 1.807) is 6.20 Å². The van der Waals surface area contributed by atoms with Gasteiger partial charge in [0.1, 0.15) is 5.82 Å². The number of hydrogen-bond acceptors (Lipinski definition) is 2. The molecular formula is C11H12ClN3. The number of nitrogens with two attached hydrogens (primary N) is 1. The van der Waals surface area contributed by atoms with Gasteiger partial charge in [0.2, 0.25) is 0 Å². The van der Waals surface area contributed by atoms with Gasteiger partial charge >= 0.3 is 0 Å². The van der Waals surface area contributed by atoms with E-state index in [0.717, 1.165) is 17.1 Å². The van der Waals surface area contributed by atoms with Crippen molar-refractivity contribution in [2.45, 2.75) is 13.0 Å². The van der Waals surface area contributed by atoms with Gasteiger partial charge in [-0.25, -0.2) is 4.98 Å². The maximum absolute atomic E-state index is 6.07. The second kappa shape index (κ2) is 4.04. The number of imidazole rings is 1. The summed E-state index contributed by atoms with van der Waals surface area (Å²) in [5.74, 6) is 0.768. The molecule has 3 nitrogen and oxygen atoms in total. The van der Waals surface area contributed by atoms with Gasteiger partial charge in [-0.2, -0.15) is 0 Å². The van der Waals surface area contributed by atoms with Gasteiger partial charge in [0.05, 0.1) is 17.9 Å². The molecule has 0 amide bonds. The molecule has 3 N–H and O–H groups in total. The minimum atomic E-state index is -0.0961. The zero-order valence-electron chi connectivity index (χ0n) is 8.37. The van der Waals surface area contributed by atoms with E-state index in [0.29, 0.717) is 5.02 Å². The van der Waals surface area contributed by atoms with Crippen molar-refractivity contribution in [3.8, 4) is 11.3 Å². The van der Waals surface area contributed by atoms with Crippen molar-refractivity contribution in [1.29, 1.82) is 0 Å². The molecule has 0 aliphatic heterocycles. The molecule has 78 valence electrons. The van der Waals surface area contributed by atoms with Gasteiger partial charge in [0, 0.05) is 10.6 Å². The highest BCUT2D eigenvalue weighted by atomic mass is 35.5. The predicted molar refractivity (Wildman–Crippen MR) is 61.6 cm³/mol. The first-order valence-electron chi connectivity index (χ1n) is 4.74. The molecule has 1 unspecified atom stereocenters. The topological polar surface area (TPSA) is 54.7 Å². The van der Waals surface area contributed by atoms with E-state index >= 15 is 0 Å². The van der Waals surface area contributed by atoms with Crippen LogP contribution in [0.5, 0.6) is 0 Å². The summed E-state index contributed by atoms with van der Waals surface area (Å²) in [7, 11) is 0. The molecule has 0 spiro atoms. The van der Waals surface area contributed by atoms with Gasteiger partial charge in [0.15, 0.2) is 0 Å². The number of H-pyrrole nitrogens is 1. The summed E-state index contributed by atoms with van der Waals surface area (Å²) in [4.78, 5) is 7.34. The lowest BCUT2D eigenvalue weighted by atomic mass is 10.2.